The lowest BCUT2D eigenvalue weighted by molar-refractivity contribution is 0.0168. The summed E-state index contributed by atoms with van der Waals surface area (Å²) in [5.41, 5.74) is 2.70. The van der Waals surface area contributed by atoms with E-state index in [1.165, 1.54) is 24.2 Å². The summed E-state index contributed by atoms with van der Waals surface area (Å²) < 4.78 is 11.4. The Morgan fingerprint density at radius 1 is 1.09 bits per heavy atom. The Balaban J connectivity index is 1.42. The molecule has 2 aliphatic rings. The van der Waals surface area contributed by atoms with Crippen LogP contribution in [-0.4, -0.2) is 87.5 Å². The summed E-state index contributed by atoms with van der Waals surface area (Å²) in [6, 6.07) is 8.73. The fourth-order valence-corrected chi connectivity index (χ4v) is 4.25. The van der Waals surface area contributed by atoms with E-state index < -0.39 is 0 Å². The molecule has 1 unspecified atom stereocenters. The van der Waals surface area contributed by atoms with Gasteiger partial charge in [0.25, 0.3) is 0 Å². The van der Waals surface area contributed by atoms with E-state index >= 15 is 0 Å². The molecule has 0 bridgehead atoms. The highest BCUT2D eigenvalue weighted by atomic mass is 16.5. The van der Waals surface area contributed by atoms with Crippen molar-refractivity contribution in [2.45, 2.75) is 52.3 Å². The first-order valence-electron chi connectivity index (χ1n) is 12.5. The monoisotopic (exact) mass is 445 g/mol. The molecule has 0 radical (unpaired) electrons. The van der Waals surface area contributed by atoms with Crippen LogP contribution in [0.5, 0.6) is 0 Å². The summed E-state index contributed by atoms with van der Waals surface area (Å²) in [6.07, 6.45) is 3.55. The van der Waals surface area contributed by atoms with Crippen LogP contribution in [0.15, 0.2) is 29.3 Å². The van der Waals surface area contributed by atoms with Gasteiger partial charge in [0.1, 0.15) is 0 Å². The Kier molecular flexibility index (Phi) is 11.3. The second kappa shape index (κ2) is 14.5. The van der Waals surface area contributed by atoms with Gasteiger partial charge in [0, 0.05) is 59.0 Å². The van der Waals surface area contributed by atoms with Crippen LogP contribution < -0.4 is 10.6 Å². The number of ether oxygens (including phenoxy) is 2. The van der Waals surface area contributed by atoms with E-state index in [1.807, 2.05) is 0 Å². The Bertz CT molecular complexity index is 670. The third-order valence-electron chi connectivity index (χ3n) is 6.26. The standard InChI is InChI=1S/C25H43N5O2/c1-3-26-25(27-12-8-17-31-21-24-11-7-18-32-24)28-19-22-9-5-6-10-23(22)20-30-15-13-29(4-2)14-16-30/h5-6,9-10,24H,3-4,7-8,11-21H2,1-2H3,(H2,26,27,28). The van der Waals surface area contributed by atoms with Crippen molar-refractivity contribution in [2.75, 3.05) is 65.6 Å². The van der Waals surface area contributed by atoms with Gasteiger partial charge in [0.15, 0.2) is 5.96 Å². The molecule has 3 rings (SSSR count). The first-order valence-corrected chi connectivity index (χ1v) is 12.5. The normalized spacial score (nSPS) is 20.6. The smallest absolute Gasteiger partial charge is 0.191 e. The zero-order valence-corrected chi connectivity index (χ0v) is 20.2. The molecule has 32 heavy (non-hydrogen) atoms. The van der Waals surface area contributed by atoms with E-state index in [0.29, 0.717) is 12.6 Å². The fourth-order valence-electron chi connectivity index (χ4n) is 4.25. The third kappa shape index (κ3) is 8.70. The minimum Gasteiger partial charge on any atom is -0.379 e. The van der Waals surface area contributed by atoms with Crippen molar-refractivity contribution in [2.24, 2.45) is 4.99 Å². The quantitative estimate of drug-likeness (QED) is 0.293. The number of aliphatic imine (C=N–C) groups is 1. The Morgan fingerprint density at radius 2 is 1.88 bits per heavy atom. The molecule has 0 spiro atoms. The topological polar surface area (TPSA) is 61.4 Å². The molecule has 1 aromatic rings. The van der Waals surface area contributed by atoms with Crippen LogP contribution in [0.4, 0.5) is 0 Å². The van der Waals surface area contributed by atoms with Crippen LogP contribution in [0.3, 0.4) is 0 Å². The van der Waals surface area contributed by atoms with Crippen molar-refractivity contribution < 1.29 is 9.47 Å². The molecule has 2 saturated heterocycles. The number of guanidine groups is 1. The largest absolute Gasteiger partial charge is 0.379 e. The van der Waals surface area contributed by atoms with Crippen LogP contribution >= 0.6 is 0 Å². The molecule has 0 aromatic heterocycles. The maximum Gasteiger partial charge on any atom is 0.191 e. The van der Waals surface area contributed by atoms with Gasteiger partial charge < -0.3 is 25.0 Å². The third-order valence-corrected chi connectivity index (χ3v) is 6.26. The minimum absolute atomic E-state index is 0.303. The number of nitrogens with one attached hydrogen (secondary N) is 2. The number of likely N-dealkylation sites (N-methyl/N-ethyl adjacent to an activating group) is 1. The predicted octanol–water partition coefficient (Wildman–Crippen LogP) is 2.46. The zero-order valence-electron chi connectivity index (χ0n) is 20.2. The van der Waals surface area contributed by atoms with Crippen molar-refractivity contribution >= 4 is 5.96 Å². The van der Waals surface area contributed by atoms with Crippen LogP contribution in [-0.2, 0) is 22.6 Å². The summed E-state index contributed by atoms with van der Waals surface area (Å²) in [5.74, 6) is 0.873. The van der Waals surface area contributed by atoms with Gasteiger partial charge in [-0.1, -0.05) is 31.2 Å². The molecule has 180 valence electrons. The van der Waals surface area contributed by atoms with Gasteiger partial charge in [0.2, 0.25) is 0 Å². The Hall–Kier alpha value is -1.67. The van der Waals surface area contributed by atoms with Gasteiger partial charge in [-0.3, -0.25) is 4.90 Å². The highest BCUT2D eigenvalue weighted by Gasteiger charge is 2.17. The average molecular weight is 446 g/mol. The van der Waals surface area contributed by atoms with Crippen molar-refractivity contribution in [3.05, 3.63) is 35.4 Å². The number of piperazine rings is 1. The van der Waals surface area contributed by atoms with Crippen LogP contribution in [0.1, 0.15) is 44.2 Å². The zero-order chi connectivity index (χ0) is 22.4. The van der Waals surface area contributed by atoms with E-state index in [0.717, 1.165) is 84.3 Å². The molecular formula is C25H43N5O2. The average Bonchev–Trinajstić information content (AvgIpc) is 3.34. The van der Waals surface area contributed by atoms with Gasteiger partial charge in [-0.2, -0.15) is 0 Å². The first kappa shape index (κ1) is 25.0. The molecule has 0 aliphatic carbocycles. The minimum atomic E-state index is 0.303. The summed E-state index contributed by atoms with van der Waals surface area (Å²) in [7, 11) is 0. The lowest BCUT2D eigenvalue weighted by atomic mass is 10.1. The van der Waals surface area contributed by atoms with Crippen molar-refractivity contribution in [3.8, 4) is 0 Å². The second-order valence-electron chi connectivity index (χ2n) is 8.66. The maximum absolute atomic E-state index is 5.76. The lowest BCUT2D eigenvalue weighted by Gasteiger charge is -2.34. The van der Waals surface area contributed by atoms with E-state index in [-0.39, 0.29) is 0 Å². The highest BCUT2D eigenvalue weighted by molar-refractivity contribution is 5.79. The van der Waals surface area contributed by atoms with Gasteiger partial charge in [-0.25, -0.2) is 4.99 Å². The number of nitrogens with zero attached hydrogens (tertiary/aromatic N) is 3. The van der Waals surface area contributed by atoms with Crippen molar-refractivity contribution in [3.63, 3.8) is 0 Å². The number of benzene rings is 1. The van der Waals surface area contributed by atoms with Gasteiger partial charge >= 0.3 is 0 Å². The van der Waals surface area contributed by atoms with Gasteiger partial charge in [-0.15, -0.1) is 0 Å². The molecule has 0 amide bonds. The predicted molar refractivity (Wildman–Crippen MR) is 131 cm³/mol. The molecule has 2 aliphatic heterocycles. The number of rotatable bonds is 12. The van der Waals surface area contributed by atoms with E-state index in [1.54, 1.807) is 0 Å². The molecule has 1 aromatic carbocycles. The number of hydrogen-bond donors (Lipinski definition) is 2. The Morgan fingerprint density at radius 3 is 2.59 bits per heavy atom. The molecule has 7 heteroatoms. The van der Waals surface area contributed by atoms with E-state index in [2.05, 4.69) is 58.5 Å². The summed E-state index contributed by atoms with van der Waals surface area (Å²) in [4.78, 5) is 9.94. The molecular weight excluding hydrogens is 402 g/mol. The van der Waals surface area contributed by atoms with E-state index in [4.69, 9.17) is 14.5 Å². The SMILES string of the molecule is CCNC(=NCc1ccccc1CN1CCN(CC)CC1)NCCCOCC1CCCO1. The maximum atomic E-state index is 5.76. The molecule has 2 fully saturated rings. The lowest BCUT2D eigenvalue weighted by Crippen LogP contribution is -2.45. The highest BCUT2D eigenvalue weighted by Crippen LogP contribution is 2.15. The fraction of sp³-hybridized carbons (Fsp3) is 0.720. The first-order chi connectivity index (χ1) is 15.8. The summed E-state index contributed by atoms with van der Waals surface area (Å²) in [6.45, 7) is 15.9. The van der Waals surface area contributed by atoms with Gasteiger partial charge in [0.05, 0.1) is 19.3 Å². The number of hydrogen-bond acceptors (Lipinski definition) is 5. The van der Waals surface area contributed by atoms with Crippen LogP contribution in [0.25, 0.3) is 0 Å². The van der Waals surface area contributed by atoms with Crippen molar-refractivity contribution in [1.82, 2.24) is 20.4 Å². The van der Waals surface area contributed by atoms with Crippen LogP contribution in [0.2, 0.25) is 0 Å². The molecule has 2 heterocycles. The molecule has 7 nitrogen and oxygen atoms in total. The van der Waals surface area contributed by atoms with E-state index in [9.17, 15) is 0 Å². The Labute approximate surface area is 194 Å². The molecule has 2 N–H and O–H groups in total. The molecule has 0 saturated carbocycles. The van der Waals surface area contributed by atoms with Crippen molar-refractivity contribution in [1.29, 1.82) is 0 Å². The second-order valence-corrected chi connectivity index (χ2v) is 8.66. The molecule has 1 atom stereocenters. The summed E-state index contributed by atoms with van der Waals surface area (Å²) in [5, 5.41) is 6.81. The van der Waals surface area contributed by atoms with Crippen LogP contribution in [0, 0.1) is 0 Å². The van der Waals surface area contributed by atoms with Gasteiger partial charge in [-0.05, 0) is 43.9 Å². The summed E-state index contributed by atoms with van der Waals surface area (Å²) >= 11 is 0.